The van der Waals surface area contributed by atoms with E-state index in [4.69, 9.17) is 0 Å². The van der Waals surface area contributed by atoms with Gasteiger partial charge in [-0.05, 0) is 70.6 Å². The van der Waals surface area contributed by atoms with Gasteiger partial charge in [-0.25, -0.2) is 13.1 Å². The number of anilines is 1. The summed E-state index contributed by atoms with van der Waals surface area (Å²) >= 11 is 0. The molecule has 5 nitrogen and oxygen atoms in total. The quantitative estimate of drug-likeness (QED) is 0.868. The van der Waals surface area contributed by atoms with Crippen molar-refractivity contribution in [2.45, 2.75) is 24.7 Å². The van der Waals surface area contributed by atoms with E-state index in [9.17, 15) is 8.42 Å². The van der Waals surface area contributed by atoms with E-state index >= 15 is 0 Å². The fraction of sp³-hybridized carbons (Fsp3) is 0.600. The summed E-state index contributed by atoms with van der Waals surface area (Å²) < 4.78 is 26.1. The Balaban J connectivity index is 2.04. The van der Waals surface area contributed by atoms with Crippen LogP contribution in [0.3, 0.4) is 0 Å². The Labute approximate surface area is 127 Å². The lowest BCUT2D eigenvalue weighted by Crippen LogP contribution is -2.33. The highest BCUT2D eigenvalue weighted by molar-refractivity contribution is 7.89. The lowest BCUT2D eigenvalue weighted by molar-refractivity contribution is 0.226. The maximum atomic E-state index is 11.9. The number of piperidine rings is 1. The average molecular weight is 311 g/mol. The topological polar surface area (TPSA) is 61.4 Å². The first kappa shape index (κ1) is 16.3. The van der Waals surface area contributed by atoms with Crippen molar-refractivity contribution in [1.82, 2.24) is 9.62 Å². The van der Waals surface area contributed by atoms with Crippen LogP contribution in [0.2, 0.25) is 0 Å². The average Bonchev–Trinajstić information content (AvgIpc) is 2.48. The van der Waals surface area contributed by atoms with Crippen molar-refractivity contribution in [2.75, 3.05) is 39.0 Å². The SMILES string of the molecule is CNS(=O)(=O)c1ccc(C)c(NCC2CCN(C)CC2)c1. The van der Waals surface area contributed by atoms with Crippen molar-refractivity contribution in [3.05, 3.63) is 23.8 Å². The molecule has 1 heterocycles. The molecule has 0 atom stereocenters. The third-order valence-corrected chi connectivity index (χ3v) is 5.62. The maximum Gasteiger partial charge on any atom is 0.240 e. The highest BCUT2D eigenvalue weighted by Crippen LogP contribution is 2.22. The molecule has 0 aliphatic carbocycles. The Hall–Kier alpha value is -1.11. The van der Waals surface area contributed by atoms with E-state index in [0.29, 0.717) is 10.8 Å². The lowest BCUT2D eigenvalue weighted by atomic mass is 9.97. The fourth-order valence-electron chi connectivity index (χ4n) is 2.60. The van der Waals surface area contributed by atoms with Gasteiger partial charge in [-0.15, -0.1) is 0 Å². The van der Waals surface area contributed by atoms with Crippen molar-refractivity contribution in [1.29, 1.82) is 0 Å². The van der Waals surface area contributed by atoms with E-state index in [0.717, 1.165) is 30.9 Å². The molecule has 1 aromatic carbocycles. The largest absolute Gasteiger partial charge is 0.385 e. The van der Waals surface area contributed by atoms with Crippen LogP contribution in [0.1, 0.15) is 18.4 Å². The zero-order valence-corrected chi connectivity index (χ0v) is 13.8. The number of rotatable bonds is 5. The van der Waals surface area contributed by atoms with Gasteiger partial charge in [-0.2, -0.15) is 0 Å². The molecule has 1 fully saturated rings. The smallest absolute Gasteiger partial charge is 0.240 e. The highest BCUT2D eigenvalue weighted by atomic mass is 32.2. The number of hydrogen-bond donors (Lipinski definition) is 2. The summed E-state index contributed by atoms with van der Waals surface area (Å²) in [5, 5.41) is 3.42. The first-order chi connectivity index (χ1) is 9.92. The zero-order valence-electron chi connectivity index (χ0n) is 13.0. The van der Waals surface area contributed by atoms with E-state index in [1.807, 2.05) is 13.0 Å². The van der Waals surface area contributed by atoms with Gasteiger partial charge in [0.15, 0.2) is 0 Å². The third-order valence-electron chi connectivity index (χ3n) is 4.21. The molecule has 0 spiro atoms. The second kappa shape index (κ2) is 6.77. The van der Waals surface area contributed by atoms with Crippen LogP contribution >= 0.6 is 0 Å². The monoisotopic (exact) mass is 311 g/mol. The summed E-state index contributed by atoms with van der Waals surface area (Å²) in [4.78, 5) is 2.66. The van der Waals surface area contributed by atoms with Gasteiger partial charge < -0.3 is 10.2 Å². The van der Waals surface area contributed by atoms with E-state index in [2.05, 4.69) is 22.0 Å². The molecule has 21 heavy (non-hydrogen) atoms. The Kier molecular flexibility index (Phi) is 5.24. The van der Waals surface area contributed by atoms with E-state index in [1.165, 1.54) is 19.9 Å². The number of sulfonamides is 1. The number of hydrogen-bond acceptors (Lipinski definition) is 4. The van der Waals surface area contributed by atoms with Crippen molar-refractivity contribution in [3.63, 3.8) is 0 Å². The zero-order chi connectivity index (χ0) is 15.5. The molecule has 1 aromatic rings. The van der Waals surface area contributed by atoms with Gasteiger partial charge >= 0.3 is 0 Å². The molecule has 118 valence electrons. The molecule has 0 bridgehead atoms. The molecule has 1 saturated heterocycles. The van der Waals surface area contributed by atoms with Crippen LogP contribution in [0, 0.1) is 12.8 Å². The van der Waals surface area contributed by atoms with E-state index in [1.54, 1.807) is 12.1 Å². The van der Waals surface area contributed by atoms with Crippen LogP contribution in [0.25, 0.3) is 0 Å². The van der Waals surface area contributed by atoms with Crippen LogP contribution in [0.5, 0.6) is 0 Å². The first-order valence-corrected chi connectivity index (χ1v) is 8.87. The molecule has 6 heteroatoms. The van der Waals surface area contributed by atoms with Crippen molar-refractivity contribution in [3.8, 4) is 0 Å². The van der Waals surface area contributed by atoms with Gasteiger partial charge in [-0.3, -0.25) is 0 Å². The van der Waals surface area contributed by atoms with Gasteiger partial charge in [0.1, 0.15) is 0 Å². The molecule has 0 aromatic heterocycles. The van der Waals surface area contributed by atoms with Crippen LogP contribution in [-0.4, -0.2) is 47.0 Å². The third kappa shape index (κ3) is 4.18. The molecule has 0 unspecified atom stereocenters. The van der Waals surface area contributed by atoms with Crippen LogP contribution < -0.4 is 10.0 Å². The van der Waals surface area contributed by atoms with Gasteiger partial charge in [0.05, 0.1) is 4.90 Å². The van der Waals surface area contributed by atoms with Crippen molar-refractivity contribution in [2.24, 2.45) is 5.92 Å². The van der Waals surface area contributed by atoms with Crippen LogP contribution in [-0.2, 0) is 10.0 Å². The standard InChI is InChI=1S/C15H25N3O2S/c1-12-4-5-14(21(19,20)16-2)10-15(12)17-11-13-6-8-18(3)9-7-13/h4-5,10,13,16-17H,6-9,11H2,1-3H3. The Morgan fingerprint density at radius 3 is 2.57 bits per heavy atom. The number of aryl methyl sites for hydroxylation is 1. The summed E-state index contributed by atoms with van der Waals surface area (Å²) in [7, 11) is 0.199. The summed E-state index contributed by atoms with van der Waals surface area (Å²) in [6.45, 7) is 5.17. The summed E-state index contributed by atoms with van der Waals surface area (Å²) in [6.07, 6.45) is 2.38. The highest BCUT2D eigenvalue weighted by Gasteiger charge is 2.17. The number of nitrogens with zero attached hydrogens (tertiary/aromatic N) is 1. The molecule has 1 aliphatic heterocycles. The fourth-order valence-corrected chi connectivity index (χ4v) is 3.35. The summed E-state index contributed by atoms with van der Waals surface area (Å²) in [5.41, 5.74) is 1.98. The first-order valence-electron chi connectivity index (χ1n) is 7.39. The second-order valence-electron chi connectivity index (χ2n) is 5.81. The van der Waals surface area contributed by atoms with Gasteiger partial charge in [-0.1, -0.05) is 6.07 Å². The molecule has 2 N–H and O–H groups in total. The predicted molar refractivity (Wildman–Crippen MR) is 86.1 cm³/mol. The summed E-state index contributed by atoms with van der Waals surface area (Å²) in [6, 6.07) is 5.21. The molecule has 0 saturated carbocycles. The Morgan fingerprint density at radius 2 is 1.95 bits per heavy atom. The van der Waals surface area contributed by atoms with Crippen LogP contribution in [0.4, 0.5) is 5.69 Å². The van der Waals surface area contributed by atoms with E-state index in [-0.39, 0.29) is 0 Å². The minimum Gasteiger partial charge on any atom is -0.385 e. The Morgan fingerprint density at radius 1 is 1.29 bits per heavy atom. The van der Waals surface area contributed by atoms with Crippen molar-refractivity contribution < 1.29 is 8.42 Å². The molecular weight excluding hydrogens is 286 g/mol. The predicted octanol–water partition coefficient (Wildman–Crippen LogP) is 1.66. The normalized spacial score (nSPS) is 17.9. The number of likely N-dealkylation sites (tertiary alicyclic amines) is 1. The minimum atomic E-state index is -3.38. The molecule has 0 radical (unpaired) electrons. The van der Waals surface area contributed by atoms with Gasteiger partial charge in [0.2, 0.25) is 10.0 Å². The minimum absolute atomic E-state index is 0.307. The maximum absolute atomic E-state index is 11.9. The molecule has 0 amide bonds. The molecule has 1 aliphatic rings. The van der Waals surface area contributed by atoms with Gasteiger partial charge in [0.25, 0.3) is 0 Å². The summed E-state index contributed by atoms with van der Waals surface area (Å²) in [5.74, 6) is 0.658. The number of benzene rings is 1. The van der Waals surface area contributed by atoms with Crippen molar-refractivity contribution >= 4 is 15.7 Å². The Bertz CT molecular complexity index is 579. The molecular formula is C15H25N3O2S. The lowest BCUT2D eigenvalue weighted by Gasteiger charge is -2.29. The van der Waals surface area contributed by atoms with E-state index < -0.39 is 10.0 Å². The van der Waals surface area contributed by atoms with Crippen LogP contribution in [0.15, 0.2) is 23.1 Å². The second-order valence-corrected chi connectivity index (χ2v) is 7.70. The molecule has 2 rings (SSSR count). The number of nitrogens with one attached hydrogen (secondary N) is 2. The van der Waals surface area contributed by atoms with Gasteiger partial charge in [0, 0.05) is 12.2 Å².